The van der Waals surface area contributed by atoms with Crippen molar-refractivity contribution in [2.24, 2.45) is 11.7 Å². The summed E-state index contributed by atoms with van der Waals surface area (Å²) in [5.74, 6) is -0.187. The highest BCUT2D eigenvalue weighted by Gasteiger charge is 2.32. The normalized spacial score (nSPS) is 14.4. The Hall–Kier alpha value is -3.48. The average Bonchev–Trinajstić information content (AvgIpc) is 2.76. The summed E-state index contributed by atoms with van der Waals surface area (Å²) in [6.45, 7) is 4.54. The number of benzene rings is 2. The van der Waals surface area contributed by atoms with Crippen LogP contribution in [0.5, 0.6) is 11.5 Å². The standard InChI is InChI=1S/C21H24F3N3O4S.C2H4O2/c1-14-9-17(30-13-15-5-7-27(8-6-15)20(25)26)12-18(10-14)31-32(28,29)19-4-2-3-16(11-19)21(22,23)24;1-2(3)4/h2-4,9-12,15H,5-8,13H2,1H3,(H3,25,26);1H3,(H,3,4). The number of nitrogens with one attached hydrogen (secondary N) is 1. The van der Waals surface area contributed by atoms with Crippen LogP contribution >= 0.6 is 0 Å². The number of hydrogen-bond donors (Lipinski definition) is 3. The largest absolute Gasteiger partial charge is 0.493 e. The van der Waals surface area contributed by atoms with Crippen LogP contribution < -0.4 is 14.7 Å². The Morgan fingerprint density at radius 2 is 1.75 bits per heavy atom. The van der Waals surface area contributed by atoms with Crippen LogP contribution in [0.25, 0.3) is 0 Å². The molecule has 1 heterocycles. The smallest absolute Gasteiger partial charge is 0.416 e. The molecule has 4 N–H and O–H groups in total. The fraction of sp³-hybridized carbons (Fsp3) is 0.391. The van der Waals surface area contributed by atoms with Gasteiger partial charge in [-0.25, -0.2) is 0 Å². The van der Waals surface area contributed by atoms with Crippen molar-refractivity contribution in [3.63, 3.8) is 0 Å². The lowest BCUT2D eigenvalue weighted by atomic mass is 9.98. The quantitative estimate of drug-likeness (QED) is 0.290. The third-order valence-electron chi connectivity index (χ3n) is 5.12. The number of aryl methyl sites for hydroxylation is 1. The van der Waals surface area contributed by atoms with Crippen molar-refractivity contribution in [2.75, 3.05) is 19.7 Å². The number of alkyl halides is 3. The number of carboxylic acid groups (broad SMARTS) is 1. The lowest BCUT2D eigenvalue weighted by Gasteiger charge is -2.32. The van der Waals surface area contributed by atoms with E-state index < -0.39 is 32.7 Å². The Morgan fingerprint density at radius 3 is 2.31 bits per heavy atom. The van der Waals surface area contributed by atoms with Crippen molar-refractivity contribution < 1.29 is 40.4 Å². The summed E-state index contributed by atoms with van der Waals surface area (Å²) in [7, 11) is -4.47. The second-order valence-corrected chi connectivity index (χ2v) is 9.74. The summed E-state index contributed by atoms with van der Waals surface area (Å²) in [5, 5.41) is 14.9. The number of nitrogens with two attached hydrogens (primary N) is 1. The van der Waals surface area contributed by atoms with E-state index in [1.807, 2.05) is 0 Å². The van der Waals surface area contributed by atoms with Gasteiger partial charge in [-0.15, -0.1) is 0 Å². The Morgan fingerprint density at radius 1 is 1.17 bits per heavy atom. The molecule has 0 saturated carbocycles. The van der Waals surface area contributed by atoms with Crippen molar-refractivity contribution in [2.45, 2.75) is 37.8 Å². The van der Waals surface area contributed by atoms with E-state index in [4.69, 9.17) is 30.0 Å². The van der Waals surface area contributed by atoms with Crippen LogP contribution in [0.15, 0.2) is 47.4 Å². The monoisotopic (exact) mass is 531 g/mol. The first-order valence-corrected chi connectivity index (χ1v) is 12.2. The number of nitrogens with zero attached hydrogens (tertiary/aromatic N) is 1. The van der Waals surface area contributed by atoms with Gasteiger partial charge in [0, 0.05) is 26.1 Å². The fourth-order valence-corrected chi connectivity index (χ4v) is 4.37. The van der Waals surface area contributed by atoms with E-state index in [0.29, 0.717) is 37.1 Å². The van der Waals surface area contributed by atoms with Gasteiger partial charge in [-0.2, -0.15) is 21.6 Å². The van der Waals surface area contributed by atoms with Gasteiger partial charge < -0.3 is 24.7 Å². The predicted octanol–water partition coefficient (Wildman–Crippen LogP) is 3.86. The van der Waals surface area contributed by atoms with Gasteiger partial charge in [-0.1, -0.05) is 6.07 Å². The van der Waals surface area contributed by atoms with Crippen LogP contribution in [0.2, 0.25) is 0 Å². The summed E-state index contributed by atoms with van der Waals surface area (Å²) in [5.41, 5.74) is 5.08. The second-order valence-electron chi connectivity index (χ2n) is 8.19. The summed E-state index contributed by atoms with van der Waals surface area (Å²) >= 11 is 0. The van der Waals surface area contributed by atoms with Crippen LogP contribution in [0, 0.1) is 18.3 Å². The van der Waals surface area contributed by atoms with E-state index in [1.165, 1.54) is 12.1 Å². The van der Waals surface area contributed by atoms with Gasteiger partial charge in [0.15, 0.2) is 5.96 Å². The molecule has 0 amide bonds. The first-order valence-electron chi connectivity index (χ1n) is 10.8. The van der Waals surface area contributed by atoms with E-state index in [0.717, 1.165) is 38.0 Å². The number of halogens is 3. The molecule has 0 aliphatic carbocycles. The van der Waals surface area contributed by atoms with E-state index in [1.54, 1.807) is 17.9 Å². The molecule has 1 saturated heterocycles. The molecule has 9 nitrogen and oxygen atoms in total. The van der Waals surface area contributed by atoms with E-state index >= 15 is 0 Å². The fourth-order valence-electron chi connectivity index (χ4n) is 3.40. The SMILES string of the molecule is CC(=O)O.Cc1cc(OCC2CCN(C(=N)N)CC2)cc(OS(=O)(=O)c2cccc(C(F)(F)F)c2)c1. The van der Waals surface area contributed by atoms with Crippen LogP contribution in [-0.2, 0) is 21.1 Å². The summed E-state index contributed by atoms with van der Waals surface area (Å²) in [6.07, 6.45) is -3.06. The Labute approximate surface area is 207 Å². The summed E-state index contributed by atoms with van der Waals surface area (Å²) in [6, 6.07) is 7.96. The molecule has 0 aromatic heterocycles. The van der Waals surface area contributed by atoms with E-state index in [2.05, 4.69) is 0 Å². The molecule has 0 atom stereocenters. The highest BCUT2D eigenvalue weighted by molar-refractivity contribution is 7.87. The molecule has 2 aromatic rings. The zero-order chi connectivity index (χ0) is 27.1. The molecule has 0 bridgehead atoms. The molecule has 0 unspecified atom stereocenters. The molecule has 3 rings (SSSR count). The molecule has 1 fully saturated rings. The number of carbonyl (C=O) groups is 1. The van der Waals surface area contributed by atoms with Gasteiger partial charge in [-0.05, 0) is 61.6 Å². The lowest BCUT2D eigenvalue weighted by Crippen LogP contribution is -2.43. The lowest BCUT2D eigenvalue weighted by molar-refractivity contribution is -0.138. The van der Waals surface area contributed by atoms with Gasteiger partial charge >= 0.3 is 16.3 Å². The maximum atomic E-state index is 12.9. The number of ether oxygens (including phenoxy) is 1. The third kappa shape index (κ3) is 8.95. The number of piperidine rings is 1. The van der Waals surface area contributed by atoms with Crippen LogP contribution in [0.1, 0.15) is 30.9 Å². The van der Waals surface area contributed by atoms with Crippen molar-refractivity contribution in [3.05, 3.63) is 53.6 Å². The molecular weight excluding hydrogens is 503 g/mol. The Bertz CT molecular complexity index is 1180. The highest BCUT2D eigenvalue weighted by atomic mass is 32.2. The van der Waals surface area contributed by atoms with E-state index in [9.17, 15) is 21.6 Å². The minimum Gasteiger partial charge on any atom is -0.493 e. The highest BCUT2D eigenvalue weighted by Crippen LogP contribution is 2.32. The minimum atomic E-state index is -4.67. The van der Waals surface area contributed by atoms with Crippen molar-refractivity contribution in [1.82, 2.24) is 4.90 Å². The molecular formula is C23H28F3N3O6S. The van der Waals surface area contributed by atoms with Gasteiger partial charge in [0.05, 0.1) is 12.2 Å². The zero-order valence-electron chi connectivity index (χ0n) is 19.7. The molecule has 13 heteroatoms. The van der Waals surface area contributed by atoms with Crippen LogP contribution in [-0.4, -0.2) is 50.0 Å². The second kappa shape index (κ2) is 12.0. The molecule has 1 aliphatic heterocycles. The molecule has 198 valence electrons. The molecule has 1 aliphatic rings. The van der Waals surface area contributed by atoms with Gasteiger partial charge in [0.2, 0.25) is 0 Å². The number of aliphatic carboxylic acids is 1. The van der Waals surface area contributed by atoms with Crippen molar-refractivity contribution in [1.29, 1.82) is 5.41 Å². The van der Waals surface area contributed by atoms with Crippen molar-refractivity contribution >= 4 is 22.0 Å². The van der Waals surface area contributed by atoms with Gasteiger partial charge in [0.25, 0.3) is 5.97 Å². The van der Waals surface area contributed by atoms with Crippen LogP contribution in [0.3, 0.4) is 0 Å². The molecule has 2 aromatic carbocycles. The maximum absolute atomic E-state index is 12.9. The number of rotatable bonds is 6. The Balaban J connectivity index is 0.00000106. The maximum Gasteiger partial charge on any atom is 0.416 e. The number of hydrogen-bond acceptors (Lipinski definition) is 6. The molecule has 0 spiro atoms. The summed E-state index contributed by atoms with van der Waals surface area (Å²) < 4.78 is 74.7. The van der Waals surface area contributed by atoms with Gasteiger partial charge in [-0.3, -0.25) is 10.2 Å². The summed E-state index contributed by atoms with van der Waals surface area (Å²) in [4.78, 5) is 10.2. The van der Waals surface area contributed by atoms with Gasteiger partial charge in [0.1, 0.15) is 16.4 Å². The van der Waals surface area contributed by atoms with E-state index in [-0.39, 0.29) is 17.6 Å². The predicted molar refractivity (Wildman–Crippen MR) is 125 cm³/mol. The van der Waals surface area contributed by atoms with Crippen LogP contribution in [0.4, 0.5) is 13.2 Å². The Kier molecular flexibility index (Phi) is 9.56. The number of guanidine groups is 1. The third-order valence-corrected chi connectivity index (χ3v) is 6.36. The molecule has 0 radical (unpaired) electrons. The van der Waals surface area contributed by atoms with Crippen molar-refractivity contribution in [3.8, 4) is 11.5 Å². The first-order chi connectivity index (χ1) is 16.7. The number of carboxylic acids is 1. The number of likely N-dealkylation sites (tertiary alicyclic amines) is 1. The minimum absolute atomic E-state index is 0.0480. The first kappa shape index (κ1) is 28.8. The average molecular weight is 532 g/mol. The zero-order valence-corrected chi connectivity index (χ0v) is 20.5. The molecule has 36 heavy (non-hydrogen) atoms. The topological polar surface area (TPSA) is 143 Å².